The SMILES string of the molecule is COc1cc(Cl)cc(C(=O)O)c1OCc1cccc(C)c1. The summed E-state index contributed by atoms with van der Waals surface area (Å²) in [5.74, 6) is -0.640. The Labute approximate surface area is 127 Å². The van der Waals surface area contributed by atoms with Crippen LogP contribution in [0.3, 0.4) is 0 Å². The van der Waals surface area contributed by atoms with Gasteiger partial charge in [-0.05, 0) is 18.6 Å². The molecule has 5 heteroatoms. The van der Waals surface area contributed by atoms with Gasteiger partial charge < -0.3 is 14.6 Å². The summed E-state index contributed by atoms with van der Waals surface area (Å²) in [6.07, 6.45) is 0. The topological polar surface area (TPSA) is 55.8 Å². The normalized spacial score (nSPS) is 10.2. The highest BCUT2D eigenvalue weighted by molar-refractivity contribution is 6.31. The smallest absolute Gasteiger partial charge is 0.339 e. The molecule has 0 fully saturated rings. The van der Waals surface area contributed by atoms with Gasteiger partial charge in [-0.1, -0.05) is 41.4 Å². The van der Waals surface area contributed by atoms with Crippen molar-refractivity contribution in [2.75, 3.05) is 7.11 Å². The van der Waals surface area contributed by atoms with Gasteiger partial charge in [0.2, 0.25) is 0 Å². The maximum atomic E-state index is 11.3. The van der Waals surface area contributed by atoms with E-state index in [1.807, 2.05) is 31.2 Å². The van der Waals surface area contributed by atoms with Crippen molar-refractivity contribution in [2.45, 2.75) is 13.5 Å². The van der Waals surface area contributed by atoms with Crippen molar-refractivity contribution in [1.82, 2.24) is 0 Å². The van der Waals surface area contributed by atoms with Crippen LogP contribution in [0.4, 0.5) is 0 Å². The molecule has 0 atom stereocenters. The van der Waals surface area contributed by atoms with Crippen LogP contribution >= 0.6 is 11.6 Å². The van der Waals surface area contributed by atoms with E-state index in [1.165, 1.54) is 19.2 Å². The lowest BCUT2D eigenvalue weighted by Gasteiger charge is -2.14. The van der Waals surface area contributed by atoms with Gasteiger partial charge in [0, 0.05) is 11.1 Å². The second-order valence-electron chi connectivity index (χ2n) is 4.57. The van der Waals surface area contributed by atoms with Gasteiger partial charge >= 0.3 is 5.97 Å². The van der Waals surface area contributed by atoms with Gasteiger partial charge in [-0.2, -0.15) is 0 Å². The van der Waals surface area contributed by atoms with E-state index in [2.05, 4.69) is 0 Å². The zero-order chi connectivity index (χ0) is 15.4. The summed E-state index contributed by atoms with van der Waals surface area (Å²) >= 11 is 5.88. The minimum atomic E-state index is -1.12. The molecule has 110 valence electrons. The molecular formula is C16H15ClO4. The molecule has 0 saturated carbocycles. The fraction of sp³-hybridized carbons (Fsp3) is 0.188. The molecule has 0 saturated heterocycles. The van der Waals surface area contributed by atoms with E-state index in [4.69, 9.17) is 21.1 Å². The number of ether oxygens (including phenoxy) is 2. The number of rotatable bonds is 5. The Kier molecular flexibility index (Phi) is 4.70. The number of benzene rings is 2. The number of carboxylic acids is 1. The van der Waals surface area contributed by atoms with Crippen LogP contribution in [0, 0.1) is 6.92 Å². The fourth-order valence-corrected chi connectivity index (χ4v) is 2.19. The summed E-state index contributed by atoms with van der Waals surface area (Å²) < 4.78 is 10.8. The molecule has 0 radical (unpaired) electrons. The zero-order valence-corrected chi connectivity index (χ0v) is 12.5. The van der Waals surface area contributed by atoms with Gasteiger partial charge in [0.05, 0.1) is 7.11 Å². The lowest BCUT2D eigenvalue weighted by Crippen LogP contribution is -2.05. The number of aryl methyl sites for hydroxylation is 1. The molecule has 0 unspecified atom stereocenters. The van der Waals surface area contributed by atoms with Gasteiger partial charge in [-0.3, -0.25) is 0 Å². The van der Waals surface area contributed by atoms with Crippen molar-refractivity contribution in [3.63, 3.8) is 0 Å². The monoisotopic (exact) mass is 306 g/mol. The Balaban J connectivity index is 2.32. The number of methoxy groups -OCH3 is 1. The Morgan fingerprint density at radius 2 is 2.05 bits per heavy atom. The number of hydrogen-bond donors (Lipinski definition) is 1. The van der Waals surface area contributed by atoms with Crippen LogP contribution in [-0.2, 0) is 6.61 Å². The summed E-state index contributed by atoms with van der Waals surface area (Å²) in [5.41, 5.74) is 2.04. The third-order valence-corrected chi connectivity index (χ3v) is 3.15. The lowest BCUT2D eigenvalue weighted by atomic mass is 10.1. The van der Waals surface area contributed by atoms with E-state index >= 15 is 0 Å². The largest absolute Gasteiger partial charge is 0.493 e. The fourth-order valence-electron chi connectivity index (χ4n) is 1.99. The van der Waals surface area contributed by atoms with Crippen LogP contribution in [0.15, 0.2) is 36.4 Å². The number of carbonyl (C=O) groups is 1. The highest BCUT2D eigenvalue weighted by Crippen LogP contribution is 2.35. The van der Waals surface area contributed by atoms with Crippen LogP contribution < -0.4 is 9.47 Å². The van der Waals surface area contributed by atoms with E-state index in [0.29, 0.717) is 5.75 Å². The molecule has 4 nitrogen and oxygen atoms in total. The second-order valence-corrected chi connectivity index (χ2v) is 5.00. The van der Waals surface area contributed by atoms with E-state index in [0.717, 1.165) is 11.1 Å². The molecule has 2 rings (SSSR count). The van der Waals surface area contributed by atoms with E-state index in [-0.39, 0.29) is 22.9 Å². The molecule has 0 aliphatic rings. The zero-order valence-electron chi connectivity index (χ0n) is 11.7. The molecule has 2 aromatic rings. The van der Waals surface area contributed by atoms with Crippen LogP contribution in [0.2, 0.25) is 5.02 Å². The minimum Gasteiger partial charge on any atom is -0.493 e. The first-order valence-electron chi connectivity index (χ1n) is 6.30. The maximum Gasteiger partial charge on any atom is 0.339 e. The van der Waals surface area contributed by atoms with Crippen LogP contribution in [-0.4, -0.2) is 18.2 Å². The minimum absolute atomic E-state index is 0.0213. The Bertz CT molecular complexity index is 667. The molecule has 0 aliphatic carbocycles. The molecule has 0 heterocycles. The van der Waals surface area contributed by atoms with Crippen LogP contribution in [0.5, 0.6) is 11.5 Å². The summed E-state index contributed by atoms with van der Waals surface area (Å²) in [4.78, 5) is 11.3. The molecule has 0 aromatic heterocycles. The number of hydrogen-bond acceptors (Lipinski definition) is 3. The average Bonchev–Trinajstić information content (AvgIpc) is 2.45. The summed E-state index contributed by atoms with van der Waals surface area (Å²) in [6, 6.07) is 10.7. The predicted molar refractivity (Wildman–Crippen MR) is 80.5 cm³/mol. The lowest BCUT2D eigenvalue weighted by molar-refractivity contribution is 0.0691. The number of aromatic carboxylic acids is 1. The van der Waals surface area contributed by atoms with Gasteiger partial charge in [0.15, 0.2) is 11.5 Å². The van der Waals surface area contributed by atoms with E-state index < -0.39 is 5.97 Å². The first-order valence-corrected chi connectivity index (χ1v) is 6.68. The van der Waals surface area contributed by atoms with E-state index in [9.17, 15) is 9.90 Å². The van der Waals surface area contributed by atoms with Crippen molar-refractivity contribution in [1.29, 1.82) is 0 Å². The molecular weight excluding hydrogens is 292 g/mol. The van der Waals surface area contributed by atoms with Gasteiger partial charge in [0.1, 0.15) is 12.2 Å². The number of halogens is 1. The van der Waals surface area contributed by atoms with Gasteiger partial charge in [-0.15, -0.1) is 0 Å². The summed E-state index contributed by atoms with van der Waals surface area (Å²) in [7, 11) is 1.44. The molecule has 0 spiro atoms. The molecule has 0 amide bonds. The van der Waals surface area contributed by atoms with E-state index in [1.54, 1.807) is 0 Å². The quantitative estimate of drug-likeness (QED) is 0.909. The van der Waals surface area contributed by atoms with Crippen LogP contribution in [0.25, 0.3) is 0 Å². The molecule has 21 heavy (non-hydrogen) atoms. The highest BCUT2D eigenvalue weighted by Gasteiger charge is 2.18. The standard InChI is InChI=1S/C16H15ClO4/c1-10-4-3-5-11(6-10)9-21-15-13(16(18)19)7-12(17)8-14(15)20-2/h3-8H,9H2,1-2H3,(H,18,19). The molecule has 2 aromatic carbocycles. The number of carboxylic acid groups (broad SMARTS) is 1. The van der Waals surface area contributed by atoms with Crippen molar-refractivity contribution in [3.05, 3.63) is 58.1 Å². The molecule has 1 N–H and O–H groups in total. The third-order valence-electron chi connectivity index (χ3n) is 2.94. The average molecular weight is 307 g/mol. The molecule has 0 aliphatic heterocycles. The van der Waals surface area contributed by atoms with Crippen molar-refractivity contribution in [2.24, 2.45) is 0 Å². The third kappa shape index (κ3) is 3.67. The van der Waals surface area contributed by atoms with Crippen molar-refractivity contribution in [3.8, 4) is 11.5 Å². The molecule has 0 bridgehead atoms. The maximum absolute atomic E-state index is 11.3. The van der Waals surface area contributed by atoms with Gasteiger partial charge in [-0.25, -0.2) is 4.79 Å². The summed E-state index contributed by atoms with van der Waals surface area (Å²) in [5, 5.41) is 9.54. The predicted octanol–water partition coefficient (Wildman–Crippen LogP) is 3.93. The second kappa shape index (κ2) is 6.50. The Hall–Kier alpha value is -2.20. The first kappa shape index (κ1) is 15.2. The Morgan fingerprint density at radius 1 is 1.29 bits per heavy atom. The Morgan fingerprint density at radius 3 is 2.67 bits per heavy atom. The first-order chi connectivity index (χ1) is 10.0. The summed E-state index contributed by atoms with van der Waals surface area (Å²) in [6.45, 7) is 2.23. The van der Waals surface area contributed by atoms with Gasteiger partial charge in [0.25, 0.3) is 0 Å². The highest BCUT2D eigenvalue weighted by atomic mass is 35.5. The van der Waals surface area contributed by atoms with Crippen LogP contribution in [0.1, 0.15) is 21.5 Å². The van der Waals surface area contributed by atoms with Crippen molar-refractivity contribution < 1.29 is 19.4 Å². The van der Waals surface area contributed by atoms with Crippen molar-refractivity contribution >= 4 is 17.6 Å².